The summed E-state index contributed by atoms with van der Waals surface area (Å²) in [5.41, 5.74) is 0.178. The lowest BCUT2D eigenvalue weighted by Crippen LogP contribution is -2.65. The fraction of sp³-hybridized carbons (Fsp3) is 0.586. The molecule has 14 heteroatoms. The first-order chi connectivity index (χ1) is 20.5. The minimum atomic E-state index is -1.17. The Morgan fingerprint density at radius 3 is 2.33 bits per heavy atom. The summed E-state index contributed by atoms with van der Waals surface area (Å²) in [6.45, 7) is 6.87. The number of hydrogen-bond donors (Lipinski definition) is 1. The third-order valence-electron chi connectivity index (χ3n) is 7.08. The van der Waals surface area contributed by atoms with Crippen LogP contribution in [0.5, 0.6) is 5.75 Å². The van der Waals surface area contributed by atoms with Gasteiger partial charge in [0.25, 0.3) is 0 Å². The molecule has 0 radical (unpaired) electrons. The van der Waals surface area contributed by atoms with Crippen molar-refractivity contribution in [1.82, 2.24) is 20.1 Å². The fourth-order valence-electron chi connectivity index (χ4n) is 5.36. The van der Waals surface area contributed by atoms with Crippen molar-refractivity contribution in [2.75, 3.05) is 6.61 Å². The molecular formula is C29H38N4O9S. The van der Waals surface area contributed by atoms with Gasteiger partial charge in [0, 0.05) is 33.7 Å². The van der Waals surface area contributed by atoms with Gasteiger partial charge in [-0.15, -0.1) is 10.2 Å². The van der Waals surface area contributed by atoms with Crippen LogP contribution in [0.25, 0.3) is 0 Å². The van der Waals surface area contributed by atoms with E-state index in [2.05, 4.69) is 15.5 Å². The summed E-state index contributed by atoms with van der Waals surface area (Å²) >= 11 is 1.19. The average Bonchev–Trinajstić information content (AvgIpc) is 3.59. The number of aromatic nitrogens is 3. The number of nitrogens with zero attached hydrogens (tertiary/aromatic N) is 3. The molecule has 13 nitrogen and oxygen atoms in total. The van der Waals surface area contributed by atoms with Crippen LogP contribution in [-0.4, -0.2) is 75.0 Å². The number of thioether (sulfide) groups is 1. The van der Waals surface area contributed by atoms with Crippen LogP contribution in [0.15, 0.2) is 29.4 Å². The maximum Gasteiger partial charge on any atom is 0.303 e. The Balaban J connectivity index is 1.68. The maximum absolute atomic E-state index is 12.3. The van der Waals surface area contributed by atoms with Crippen molar-refractivity contribution in [2.24, 2.45) is 0 Å². The molecule has 4 rings (SSSR count). The first-order valence-corrected chi connectivity index (χ1v) is 15.1. The number of carbonyl (C=O) groups is 4. The monoisotopic (exact) mass is 618 g/mol. The Morgan fingerprint density at radius 1 is 1.00 bits per heavy atom. The van der Waals surface area contributed by atoms with Crippen LogP contribution in [0.2, 0.25) is 0 Å². The highest BCUT2D eigenvalue weighted by Crippen LogP contribution is 2.39. The van der Waals surface area contributed by atoms with Crippen LogP contribution in [0.4, 0.5) is 0 Å². The number of amides is 1. The highest BCUT2D eigenvalue weighted by molar-refractivity contribution is 7.99. The van der Waals surface area contributed by atoms with Crippen LogP contribution in [-0.2, 0) is 44.7 Å². The van der Waals surface area contributed by atoms with E-state index in [1.54, 1.807) is 0 Å². The molecule has 1 aromatic carbocycles. The lowest BCUT2D eigenvalue weighted by molar-refractivity contribution is -0.211. The van der Waals surface area contributed by atoms with E-state index in [1.165, 1.54) is 39.5 Å². The minimum Gasteiger partial charge on any atom is -0.486 e. The van der Waals surface area contributed by atoms with Gasteiger partial charge in [-0.05, 0) is 37.5 Å². The van der Waals surface area contributed by atoms with E-state index in [9.17, 15) is 19.2 Å². The normalized spacial score (nSPS) is 23.8. The van der Waals surface area contributed by atoms with E-state index in [0.717, 1.165) is 31.2 Å². The Labute approximate surface area is 254 Å². The Kier molecular flexibility index (Phi) is 11.0. The SMILES string of the molecule is CC(=O)NC1C(Sc2nnc(COc3cccc(C)c3)n2C2CCCC2)OC(COC(C)=O)C(OC(C)=O)C1OC(C)=O. The van der Waals surface area contributed by atoms with Crippen molar-refractivity contribution < 1.29 is 42.9 Å². The molecule has 1 aromatic heterocycles. The third-order valence-corrected chi connectivity index (χ3v) is 8.20. The molecule has 1 saturated carbocycles. The van der Waals surface area contributed by atoms with Crippen LogP contribution in [0, 0.1) is 6.92 Å². The predicted octanol–water partition coefficient (Wildman–Crippen LogP) is 3.03. The van der Waals surface area contributed by atoms with Gasteiger partial charge in [0.1, 0.15) is 36.5 Å². The maximum atomic E-state index is 12.3. The van der Waals surface area contributed by atoms with Crippen molar-refractivity contribution in [3.05, 3.63) is 35.7 Å². The van der Waals surface area contributed by atoms with Crippen LogP contribution >= 0.6 is 11.8 Å². The van der Waals surface area contributed by atoms with Gasteiger partial charge in [-0.1, -0.05) is 36.7 Å². The van der Waals surface area contributed by atoms with E-state index in [-0.39, 0.29) is 19.3 Å². The van der Waals surface area contributed by atoms with Gasteiger partial charge >= 0.3 is 17.9 Å². The molecule has 1 amide bonds. The van der Waals surface area contributed by atoms with Gasteiger partial charge in [0.2, 0.25) is 5.91 Å². The average molecular weight is 619 g/mol. The van der Waals surface area contributed by atoms with Crippen molar-refractivity contribution >= 4 is 35.6 Å². The quantitative estimate of drug-likeness (QED) is 0.290. The van der Waals surface area contributed by atoms with E-state index >= 15 is 0 Å². The molecule has 1 N–H and O–H groups in total. The Bertz CT molecular complexity index is 1310. The second kappa shape index (κ2) is 14.7. The highest BCUT2D eigenvalue weighted by atomic mass is 32.2. The van der Waals surface area contributed by atoms with Gasteiger partial charge < -0.3 is 29.0 Å². The molecule has 234 valence electrons. The van der Waals surface area contributed by atoms with Crippen LogP contribution in [0.1, 0.15) is 70.8 Å². The number of aryl methyl sites for hydroxylation is 1. The van der Waals surface area contributed by atoms with Gasteiger partial charge in [-0.25, -0.2) is 0 Å². The van der Waals surface area contributed by atoms with Crippen molar-refractivity contribution in [3.63, 3.8) is 0 Å². The summed E-state index contributed by atoms with van der Waals surface area (Å²) in [6, 6.07) is 6.91. The van der Waals surface area contributed by atoms with E-state index in [4.69, 9.17) is 23.7 Å². The van der Waals surface area contributed by atoms with E-state index < -0.39 is 53.6 Å². The molecule has 43 heavy (non-hydrogen) atoms. The summed E-state index contributed by atoms with van der Waals surface area (Å²) in [6.07, 6.45) is 0.661. The number of carbonyl (C=O) groups excluding carboxylic acids is 4. The lowest BCUT2D eigenvalue weighted by atomic mass is 9.97. The molecule has 2 heterocycles. The molecule has 5 atom stereocenters. The molecule has 2 aliphatic rings. The smallest absolute Gasteiger partial charge is 0.303 e. The minimum absolute atomic E-state index is 0.131. The Hall–Kier alpha value is -3.65. The third kappa shape index (κ3) is 8.69. The van der Waals surface area contributed by atoms with Gasteiger partial charge in [-0.3, -0.25) is 23.7 Å². The standard InChI is InChI=1S/C29H38N4O9S/c1-16-9-8-12-22(13-16)39-15-24-31-32-29(33(24)21-10-6-7-11-21)43-28-25(30-17(2)34)27(41-20(5)37)26(40-19(4)36)23(42-28)14-38-18(3)35/h8-9,12-13,21,23,25-28H,6-7,10-11,14-15H2,1-5H3,(H,30,34). The number of nitrogens with one attached hydrogen (secondary N) is 1. The van der Waals surface area contributed by atoms with E-state index in [0.29, 0.717) is 16.7 Å². The predicted molar refractivity (Wildman–Crippen MR) is 153 cm³/mol. The summed E-state index contributed by atoms with van der Waals surface area (Å²) in [7, 11) is 0. The zero-order valence-electron chi connectivity index (χ0n) is 24.9. The number of hydrogen-bond acceptors (Lipinski definition) is 12. The van der Waals surface area contributed by atoms with Crippen molar-refractivity contribution in [3.8, 4) is 5.75 Å². The zero-order valence-corrected chi connectivity index (χ0v) is 25.8. The van der Waals surface area contributed by atoms with E-state index in [1.807, 2.05) is 35.8 Å². The van der Waals surface area contributed by atoms with Crippen molar-refractivity contribution in [1.29, 1.82) is 0 Å². The van der Waals surface area contributed by atoms with Crippen molar-refractivity contribution in [2.45, 2.75) is 108 Å². The fourth-order valence-corrected chi connectivity index (χ4v) is 6.60. The molecule has 1 aliphatic carbocycles. The lowest BCUT2D eigenvalue weighted by Gasteiger charge is -2.44. The van der Waals surface area contributed by atoms with Gasteiger partial charge in [0.05, 0.1) is 0 Å². The number of ether oxygens (including phenoxy) is 5. The Morgan fingerprint density at radius 2 is 1.70 bits per heavy atom. The van der Waals surface area contributed by atoms with Crippen LogP contribution < -0.4 is 10.1 Å². The molecule has 0 bridgehead atoms. The molecule has 2 fully saturated rings. The topological polar surface area (TPSA) is 157 Å². The van der Waals surface area contributed by atoms with Gasteiger partial charge in [0.15, 0.2) is 23.2 Å². The number of rotatable bonds is 11. The molecule has 1 aliphatic heterocycles. The number of esters is 3. The molecule has 5 unspecified atom stereocenters. The summed E-state index contributed by atoms with van der Waals surface area (Å²) < 4.78 is 30.8. The summed E-state index contributed by atoms with van der Waals surface area (Å²) in [4.78, 5) is 48.3. The number of benzene rings is 1. The first kappa shape index (κ1) is 32.3. The largest absolute Gasteiger partial charge is 0.486 e. The van der Waals surface area contributed by atoms with Crippen LogP contribution in [0.3, 0.4) is 0 Å². The molecule has 2 aromatic rings. The molecule has 1 saturated heterocycles. The second-order valence-corrected chi connectivity index (χ2v) is 11.7. The summed E-state index contributed by atoms with van der Waals surface area (Å²) in [5, 5.41) is 12.2. The molecule has 0 spiro atoms. The second-order valence-electron chi connectivity index (χ2n) is 10.7. The zero-order chi connectivity index (χ0) is 31.1. The highest BCUT2D eigenvalue weighted by Gasteiger charge is 2.51. The first-order valence-electron chi connectivity index (χ1n) is 14.2. The van der Waals surface area contributed by atoms with Gasteiger partial charge in [-0.2, -0.15) is 0 Å². The molecular weight excluding hydrogens is 580 g/mol. The summed E-state index contributed by atoms with van der Waals surface area (Å²) in [5.74, 6) is -0.953.